The van der Waals surface area contributed by atoms with Gasteiger partial charge in [-0.15, -0.1) is 0 Å². The second-order valence-electron chi connectivity index (χ2n) is 5.76. The van der Waals surface area contributed by atoms with Crippen molar-refractivity contribution in [3.63, 3.8) is 0 Å². The first-order valence-corrected chi connectivity index (χ1v) is 6.92. The summed E-state index contributed by atoms with van der Waals surface area (Å²) in [6.07, 6.45) is 0. The third-order valence-corrected chi connectivity index (χ3v) is 3.31. The quantitative estimate of drug-likeness (QED) is 0.851. The molecule has 6 heteroatoms. The molecule has 0 spiro atoms. The van der Waals surface area contributed by atoms with E-state index in [0.29, 0.717) is 23.0 Å². The van der Waals surface area contributed by atoms with Gasteiger partial charge in [0.25, 0.3) is 6.01 Å². The van der Waals surface area contributed by atoms with Gasteiger partial charge in [-0.05, 0) is 38.2 Å². The predicted octanol–water partition coefficient (Wildman–Crippen LogP) is 2.52. The van der Waals surface area contributed by atoms with Gasteiger partial charge in [0.15, 0.2) is 5.58 Å². The highest BCUT2D eigenvalue weighted by Crippen LogP contribution is 2.22. The number of rotatable bonds is 6. The van der Waals surface area contributed by atoms with Crippen LogP contribution in [0.2, 0.25) is 0 Å². The third-order valence-electron chi connectivity index (χ3n) is 3.31. The zero-order chi connectivity index (χ0) is 15.6. The van der Waals surface area contributed by atoms with Crippen molar-refractivity contribution < 1.29 is 14.3 Å². The highest BCUT2D eigenvalue weighted by atomic mass is 16.4. The van der Waals surface area contributed by atoms with Crippen LogP contribution in [0.3, 0.4) is 0 Å². The number of anilines is 1. The van der Waals surface area contributed by atoms with Crippen molar-refractivity contribution in [3.8, 4) is 0 Å². The van der Waals surface area contributed by atoms with Crippen LogP contribution in [0.25, 0.3) is 11.1 Å². The van der Waals surface area contributed by atoms with Crippen LogP contribution in [-0.4, -0.2) is 47.6 Å². The van der Waals surface area contributed by atoms with E-state index in [-0.39, 0.29) is 11.6 Å². The van der Waals surface area contributed by atoms with Gasteiger partial charge in [0.2, 0.25) is 0 Å². The molecule has 0 aliphatic rings. The van der Waals surface area contributed by atoms with E-state index in [1.54, 1.807) is 6.07 Å². The van der Waals surface area contributed by atoms with Gasteiger partial charge in [0, 0.05) is 12.6 Å². The Labute approximate surface area is 123 Å². The Morgan fingerprint density at radius 3 is 2.71 bits per heavy atom. The fraction of sp³-hybridized carbons (Fsp3) is 0.467. The Morgan fingerprint density at radius 1 is 1.43 bits per heavy atom. The number of nitrogens with zero attached hydrogens (tertiary/aromatic N) is 2. The Hall–Kier alpha value is -2.08. The first-order chi connectivity index (χ1) is 9.86. The maximum absolute atomic E-state index is 11.0. The number of benzene rings is 1. The molecule has 0 fully saturated rings. The summed E-state index contributed by atoms with van der Waals surface area (Å²) in [4.78, 5) is 17.4. The number of likely N-dealkylation sites (N-methyl/N-ethyl adjacent to an activating group) is 1. The average molecular weight is 291 g/mol. The van der Waals surface area contributed by atoms with E-state index in [1.807, 2.05) is 14.1 Å². The minimum atomic E-state index is -0.976. The fourth-order valence-electron chi connectivity index (χ4n) is 2.09. The number of aromatic carboxylic acids is 1. The molecule has 0 bridgehead atoms. The zero-order valence-corrected chi connectivity index (χ0v) is 12.8. The summed E-state index contributed by atoms with van der Waals surface area (Å²) in [7, 11) is 4.03. The Morgan fingerprint density at radius 2 is 2.14 bits per heavy atom. The molecule has 1 atom stereocenters. The summed E-state index contributed by atoms with van der Waals surface area (Å²) >= 11 is 0. The van der Waals surface area contributed by atoms with E-state index in [2.05, 4.69) is 29.0 Å². The molecule has 114 valence electrons. The van der Waals surface area contributed by atoms with E-state index >= 15 is 0 Å². The van der Waals surface area contributed by atoms with E-state index in [9.17, 15) is 4.79 Å². The molecule has 0 amide bonds. The minimum absolute atomic E-state index is 0.193. The average Bonchev–Trinajstić information content (AvgIpc) is 2.78. The minimum Gasteiger partial charge on any atom is -0.478 e. The first kappa shape index (κ1) is 15.3. The maximum Gasteiger partial charge on any atom is 0.335 e. The molecule has 0 saturated carbocycles. The molecule has 1 aromatic carbocycles. The normalized spacial score (nSPS) is 13.0. The lowest BCUT2D eigenvalue weighted by molar-refractivity contribution is 0.0697. The van der Waals surface area contributed by atoms with E-state index < -0.39 is 5.97 Å². The number of nitrogens with one attached hydrogen (secondary N) is 1. The fourth-order valence-corrected chi connectivity index (χ4v) is 2.09. The van der Waals surface area contributed by atoms with Gasteiger partial charge in [0.05, 0.1) is 5.56 Å². The van der Waals surface area contributed by atoms with Crippen molar-refractivity contribution in [2.45, 2.75) is 19.9 Å². The van der Waals surface area contributed by atoms with E-state index in [4.69, 9.17) is 9.52 Å². The van der Waals surface area contributed by atoms with Crippen molar-refractivity contribution in [1.82, 2.24) is 9.88 Å². The zero-order valence-electron chi connectivity index (χ0n) is 12.8. The van der Waals surface area contributed by atoms with Crippen molar-refractivity contribution in [3.05, 3.63) is 23.8 Å². The number of carbonyl (C=O) groups is 1. The predicted molar refractivity (Wildman–Crippen MR) is 81.8 cm³/mol. The lowest BCUT2D eigenvalue weighted by Gasteiger charge is -2.24. The Kier molecular flexibility index (Phi) is 4.47. The Balaban J connectivity index is 2.23. The van der Waals surface area contributed by atoms with Crippen LogP contribution in [0, 0.1) is 5.92 Å². The van der Waals surface area contributed by atoms with E-state index in [1.165, 1.54) is 12.1 Å². The molecule has 21 heavy (non-hydrogen) atoms. The van der Waals surface area contributed by atoms with Crippen LogP contribution >= 0.6 is 0 Å². The number of aromatic nitrogens is 1. The summed E-state index contributed by atoms with van der Waals surface area (Å²) in [5.74, 6) is -0.563. The molecular weight excluding hydrogens is 270 g/mol. The number of hydrogen-bond donors (Lipinski definition) is 2. The topological polar surface area (TPSA) is 78.6 Å². The van der Waals surface area contributed by atoms with Gasteiger partial charge in [-0.2, -0.15) is 4.98 Å². The van der Waals surface area contributed by atoms with Gasteiger partial charge in [-0.3, -0.25) is 0 Å². The van der Waals surface area contributed by atoms with Crippen LogP contribution in [0.5, 0.6) is 0 Å². The van der Waals surface area contributed by atoms with Crippen LogP contribution in [0.15, 0.2) is 22.6 Å². The number of fused-ring (bicyclic) bond motifs is 1. The summed E-state index contributed by atoms with van der Waals surface area (Å²) in [5, 5.41) is 12.3. The van der Waals surface area contributed by atoms with E-state index in [0.717, 1.165) is 6.54 Å². The molecular formula is C15H21N3O3. The number of hydrogen-bond acceptors (Lipinski definition) is 5. The van der Waals surface area contributed by atoms with Crippen molar-refractivity contribution in [1.29, 1.82) is 0 Å². The van der Waals surface area contributed by atoms with Gasteiger partial charge in [0.1, 0.15) is 5.52 Å². The SMILES string of the molecule is CC(C)C(CN(C)C)Nc1nc2ccc(C(=O)O)cc2o1. The monoisotopic (exact) mass is 291 g/mol. The molecule has 2 N–H and O–H groups in total. The standard InChI is InChI=1S/C15H21N3O3/c1-9(2)12(8-18(3)4)17-15-16-11-6-5-10(14(19)20)7-13(11)21-15/h5-7,9,12H,8H2,1-4H3,(H,16,17)(H,19,20). The lowest BCUT2D eigenvalue weighted by Crippen LogP contribution is -2.36. The summed E-state index contributed by atoms with van der Waals surface area (Å²) in [6.45, 7) is 5.12. The lowest BCUT2D eigenvalue weighted by atomic mass is 10.0. The molecule has 2 aromatic rings. The molecule has 0 aliphatic carbocycles. The van der Waals surface area contributed by atoms with Gasteiger partial charge < -0.3 is 19.7 Å². The number of carboxylic acid groups (broad SMARTS) is 1. The molecule has 1 unspecified atom stereocenters. The molecule has 2 rings (SSSR count). The maximum atomic E-state index is 11.0. The van der Waals surface area contributed by atoms with Crippen LogP contribution in [0.4, 0.5) is 6.01 Å². The van der Waals surface area contributed by atoms with Gasteiger partial charge in [-0.1, -0.05) is 13.8 Å². The smallest absolute Gasteiger partial charge is 0.335 e. The number of oxazole rings is 1. The van der Waals surface area contributed by atoms with Crippen molar-refractivity contribution in [2.75, 3.05) is 26.0 Å². The second-order valence-corrected chi connectivity index (χ2v) is 5.76. The molecule has 0 saturated heterocycles. The second kappa shape index (κ2) is 6.13. The molecule has 0 radical (unpaired) electrons. The molecule has 1 heterocycles. The largest absolute Gasteiger partial charge is 0.478 e. The number of carboxylic acids is 1. The van der Waals surface area contributed by atoms with Gasteiger partial charge >= 0.3 is 5.97 Å². The highest BCUT2D eigenvalue weighted by Gasteiger charge is 2.17. The molecule has 0 aliphatic heterocycles. The van der Waals surface area contributed by atoms with Crippen molar-refractivity contribution in [2.24, 2.45) is 5.92 Å². The van der Waals surface area contributed by atoms with Crippen LogP contribution < -0.4 is 5.32 Å². The first-order valence-electron chi connectivity index (χ1n) is 6.92. The highest BCUT2D eigenvalue weighted by molar-refractivity contribution is 5.92. The summed E-state index contributed by atoms with van der Waals surface area (Å²) < 4.78 is 5.62. The van der Waals surface area contributed by atoms with Crippen molar-refractivity contribution >= 4 is 23.1 Å². The Bertz CT molecular complexity index is 634. The van der Waals surface area contributed by atoms with Gasteiger partial charge in [-0.25, -0.2) is 4.79 Å². The molecule has 1 aromatic heterocycles. The molecule has 6 nitrogen and oxygen atoms in total. The summed E-state index contributed by atoms with van der Waals surface area (Å²) in [5.41, 5.74) is 1.32. The third kappa shape index (κ3) is 3.72. The van der Waals surface area contributed by atoms with Crippen LogP contribution in [-0.2, 0) is 0 Å². The van der Waals surface area contributed by atoms with Crippen LogP contribution in [0.1, 0.15) is 24.2 Å². The summed E-state index contributed by atoms with van der Waals surface area (Å²) in [6, 6.07) is 5.30.